The molecule has 0 aromatic heterocycles. The third-order valence-corrected chi connectivity index (χ3v) is 7.91. The lowest BCUT2D eigenvalue weighted by Crippen LogP contribution is -2.55. The van der Waals surface area contributed by atoms with Crippen molar-refractivity contribution in [3.63, 3.8) is 0 Å². The van der Waals surface area contributed by atoms with Crippen LogP contribution in [0.15, 0.2) is 83.0 Å². The molecule has 0 spiro atoms. The SMILES string of the molecule is CC(C=CC1=C(C)C(c2ccccc2C2O[C@H](CO)[C@H](O)[C@H](O)[C@H]2O)CCC1(C)C)=CC=CC(C)=CC(N)=O. The monoisotopic (exact) mass is 537 g/mol. The third kappa shape index (κ3) is 7.24. The van der Waals surface area contributed by atoms with Gasteiger partial charge in [-0.05, 0) is 61.3 Å². The Morgan fingerprint density at radius 1 is 1.05 bits per heavy atom. The topological polar surface area (TPSA) is 133 Å². The molecule has 1 heterocycles. The van der Waals surface area contributed by atoms with Gasteiger partial charge in [0.2, 0.25) is 5.91 Å². The van der Waals surface area contributed by atoms with E-state index in [4.69, 9.17) is 10.5 Å². The van der Waals surface area contributed by atoms with Crippen LogP contribution in [0.25, 0.3) is 0 Å². The number of hydrogen-bond donors (Lipinski definition) is 5. The van der Waals surface area contributed by atoms with Gasteiger partial charge in [0.05, 0.1) is 6.61 Å². The molecule has 6 N–H and O–H groups in total. The highest BCUT2D eigenvalue weighted by Crippen LogP contribution is 2.49. The Balaban J connectivity index is 1.95. The van der Waals surface area contributed by atoms with E-state index < -0.39 is 43.0 Å². The van der Waals surface area contributed by atoms with Gasteiger partial charge >= 0.3 is 0 Å². The number of benzene rings is 1. The van der Waals surface area contributed by atoms with Gasteiger partial charge in [0.15, 0.2) is 0 Å². The molecule has 1 aromatic rings. The molecule has 1 amide bonds. The summed E-state index contributed by atoms with van der Waals surface area (Å²) in [6.45, 7) is 10.0. The first-order valence-electron chi connectivity index (χ1n) is 13.5. The molecule has 0 bridgehead atoms. The number of ether oxygens (including phenoxy) is 1. The van der Waals surface area contributed by atoms with Gasteiger partial charge in [-0.25, -0.2) is 0 Å². The molecular formula is C32H43NO6. The number of hydrogen-bond acceptors (Lipinski definition) is 6. The summed E-state index contributed by atoms with van der Waals surface area (Å²) >= 11 is 0. The lowest BCUT2D eigenvalue weighted by atomic mass is 9.66. The van der Waals surface area contributed by atoms with Gasteiger partial charge in [-0.15, -0.1) is 0 Å². The normalized spacial score (nSPS) is 30.4. The van der Waals surface area contributed by atoms with Crippen molar-refractivity contribution in [2.24, 2.45) is 11.1 Å². The van der Waals surface area contributed by atoms with Crippen LogP contribution < -0.4 is 5.73 Å². The van der Waals surface area contributed by atoms with Crippen molar-refractivity contribution < 1.29 is 30.0 Å². The maximum Gasteiger partial charge on any atom is 0.241 e. The van der Waals surface area contributed by atoms with Crippen LogP contribution in [0.2, 0.25) is 0 Å². The summed E-state index contributed by atoms with van der Waals surface area (Å²) in [4.78, 5) is 11.0. The van der Waals surface area contributed by atoms with Gasteiger partial charge in [0.25, 0.3) is 0 Å². The van der Waals surface area contributed by atoms with Crippen LogP contribution in [0.5, 0.6) is 0 Å². The minimum absolute atomic E-state index is 0.0356. The number of rotatable bonds is 8. The zero-order valence-electron chi connectivity index (χ0n) is 23.5. The van der Waals surface area contributed by atoms with E-state index in [1.807, 2.05) is 56.3 Å². The minimum Gasteiger partial charge on any atom is -0.394 e. The van der Waals surface area contributed by atoms with Crippen LogP contribution in [0, 0.1) is 5.41 Å². The molecule has 1 aliphatic heterocycles. The van der Waals surface area contributed by atoms with Gasteiger partial charge < -0.3 is 30.9 Å². The van der Waals surface area contributed by atoms with Crippen molar-refractivity contribution in [1.29, 1.82) is 0 Å². The zero-order valence-corrected chi connectivity index (χ0v) is 23.5. The van der Waals surface area contributed by atoms with Crippen LogP contribution in [0.1, 0.15) is 70.6 Å². The Kier molecular flexibility index (Phi) is 10.3. The molecule has 2 unspecified atom stereocenters. The molecule has 39 heavy (non-hydrogen) atoms. The summed E-state index contributed by atoms with van der Waals surface area (Å²) in [5, 5.41) is 41.1. The number of amides is 1. The maximum atomic E-state index is 11.0. The predicted molar refractivity (Wildman–Crippen MR) is 153 cm³/mol. The van der Waals surface area contributed by atoms with Gasteiger partial charge in [-0.3, -0.25) is 4.79 Å². The maximum absolute atomic E-state index is 11.0. The molecule has 1 saturated heterocycles. The molecule has 0 saturated carbocycles. The lowest BCUT2D eigenvalue weighted by molar-refractivity contribution is -0.231. The quantitative estimate of drug-likeness (QED) is 0.252. The Morgan fingerprint density at radius 2 is 1.72 bits per heavy atom. The average Bonchev–Trinajstić information content (AvgIpc) is 2.87. The van der Waals surface area contributed by atoms with Crippen LogP contribution >= 0.6 is 0 Å². The molecule has 3 rings (SSSR count). The highest BCUT2D eigenvalue weighted by molar-refractivity contribution is 5.86. The van der Waals surface area contributed by atoms with Crippen molar-refractivity contribution in [2.45, 2.75) is 83.9 Å². The number of primary amides is 1. The molecule has 212 valence electrons. The molecule has 1 aliphatic carbocycles. The van der Waals surface area contributed by atoms with Gasteiger partial charge in [-0.1, -0.05) is 79.6 Å². The van der Waals surface area contributed by atoms with E-state index in [0.717, 1.165) is 35.1 Å². The number of carbonyl (C=O) groups excluding carboxylic acids is 1. The second-order valence-electron chi connectivity index (χ2n) is 11.3. The first-order chi connectivity index (χ1) is 18.4. The standard InChI is InChI=1S/C32H43NO6/c1-19(9-8-10-20(2)17-27(33)35)13-14-25-21(3)22(15-16-32(25,4)5)23-11-6-7-12-24(23)31-30(38)29(37)28(36)26(18-34)39-31/h6-14,17,22,26,28-31,34,36-38H,15-16,18H2,1-5H3,(H2,33,35)/t22?,26-,28+,29+,30-,31?/m1/s1. The smallest absolute Gasteiger partial charge is 0.241 e. The lowest BCUT2D eigenvalue weighted by Gasteiger charge is -2.42. The van der Waals surface area contributed by atoms with Gasteiger partial charge in [0, 0.05) is 12.0 Å². The fourth-order valence-electron chi connectivity index (χ4n) is 5.66. The Labute approximate surface area is 231 Å². The van der Waals surface area contributed by atoms with Crippen LogP contribution in [-0.2, 0) is 9.53 Å². The van der Waals surface area contributed by atoms with E-state index in [1.165, 1.54) is 17.2 Å². The summed E-state index contributed by atoms with van der Waals surface area (Å²) in [6.07, 6.45) is 7.24. The molecule has 1 fully saturated rings. The summed E-state index contributed by atoms with van der Waals surface area (Å²) in [5.74, 6) is -0.394. The summed E-state index contributed by atoms with van der Waals surface area (Å²) < 4.78 is 5.92. The molecule has 7 heteroatoms. The summed E-state index contributed by atoms with van der Waals surface area (Å²) in [6, 6.07) is 7.75. The Hall–Kier alpha value is -2.81. The van der Waals surface area contributed by atoms with Crippen LogP contribution in [0.4, 0.5) is 0 Å². The highest BCUT2D eigenvalue weighted by Gasteiger charge is 2.45. The predicted octanol–water partition coefficient (Wildman–Crippen LogP) is 3.91. The Morgan fingerprint density at radius 3 is 2.36 bits per heavy atom. The number of nitrogens with two attached hydrogens (primary N) is 1. The number of carbonyl (C=O) groups is 1. The average molecular weight is 538 g/mol. The third-order valence-electron chi connectivity index (χ3n) is 7.91. The van der Waals surface area contributed by atoms with E-state index in [2.05, 4.69) is 32.9 Å². The summed E-state index contributed by atoms with van der Waals surface area (Å²) in [5.41, 5.74) is 11.2. The van der Waals surface area contributed by atoms with Crippen molar-refractivity contribution in [2.75, 3.05) is 6.61 Å². The van der Waals surface area contributed by atoms with Gasteiger partial charge in [0.1, 0.15) is 30.5 Å². The second kappa shape index (κ2) is 13.0. The molecule has 6 atom stereocenters. The zero-order chi connectivity index (χ0) is 28.9. The second-order valence-corrected chi connectivity index (χ2v) is 11.3. The summed E-state index contributed by atoms with van der Waals surface area (Å²) in [7, 11) is 0. The molecule has 7 nitrogen and oxygen atoms in total. The number of aliphatic hydroxyl groups excluding tert-OH is 4. The number of aliphatic hydroxyl groups is 4. The minimum atomic E-state index is -1.42. The van der Waals surface area contributed by atoms with E-state index >= 15 is 0 Å². The van der Waals surface area contributed by atoms with E-state index in [-0.39, 0.29) is 11.3 Å². The Bertz CT molecular complexity index is 1190. The first-order valence-corrected chi connectivity index (χ1v) is 13.5. The molecule has 0 radical (unpaired) electrons. The van der Waals surface area contributed by atoms with E-state index in [1.54, 1.807) is 0 Å². The van der Waals surface area contributed by atoms with E-state index in [0.29, 0.717) is 0 Å². The van der Waals surface area contributed by atoms with Crippen molar-refractivity contribution in [3.05, 3.63) is 94.1 Å². The molecular weight excluding hydrogens is 494 g/mol. The van der Waals surface area contributed by atoms with Gasteiger partial charge in [-0.2, -0.15) is 0 Å². The van der Waals surface area contributed by atoms with Crippen LogP contribution in [0.3, 0.4) is 0 Å². The van der Waals surface area contributed by atoms with Crippen molar-refractivity contribution >= 4 is 5.91 Å². The van der Waals surface area contributed by atoms with Crippen molar-refractivity contribution in [3.8, 4) is 0 Å². The fraction of sp³-hybridized carbons (Fsp3) is 0.469. The van der Waals surface area contributed by atoms with Crippen LogP contribution in [-0.4, -0.2) is 57.4 Å². The highest BCUT2D eigenvalue weighted by atomic mass is 16.5. The largest absolute Gasteiger partial charge is 0.394 e. The van der Waals surface area contributed by atoms with Crippen molar-refractivity contribution in [1.82, 2.24) is 0 Å². The fourth-order valence-corrected chi connectivity index (χ4v) is 5.66. The molecule has 2 aliphatic rings. The van der Waals surface area contributed by atoms with E-state index in [9.17, 15) is 25.2 Å². The number of allylic oxidation sites excluding steroid dienone is 9. The first kappa shape index (κ1) is 30.7. The molecule has 1 aromatic carbocycles.